The highest BCUT2D eigenvalue weighted by Gasteiger charge is 2.22. The van der Waals surface area contributed by atoms with Crippen molar-refractivity contribution < 1.29 is 0 Å². The number of fused-ring (bicyclic) bond motifs is 1. The van der Waals surface area contributed by atoms with Crippen LogP contribution in [0.4, 0.5) is 0 Å². The van der Waals surface area contributed by atoms with E-state index >= 15 is 0 Å². The molecule has 1 aliphatic heterocycles. The lowest BCUT2D eigenvalue weighted by atomic mass is 10.0. The summed E-state index contributed by atoms with van der Waals surface area (Å²) in [7, 11) is 0. The van der Waals surface area contributed by atoms with Crippen LogP contribution in [-0.4, -0.2) is 0 Å². The minimum absolute atomic E-state index is 0.529. The fourth-order valence-electron chi connectivity index (χ4n) is 1.85. The van der Waals surface area contributed by atoms with Gasteiger partial charge in [-0.1, -0.05) is 24.3 Å². The molecule has 0 aliphatic carbocycles. The molecule has 58 valence electrons. The third kappa shape index (κ3) is 0.962. The summed E-state index contributed by atoms with van der Waals surface area (Å²) in [4.78, 5) is 0. The van der Waals surface area contributed by atoms with Gasteiger partial charge in [-0.15, -0.1) is 0 Å². The fourth-order valence-corrected chi connectivity index (χ4v) is 1.85. The number of rotatable bonds is 0. The van der Waals surface area contributed by atoms with E-state index in [1.165, 1.54) is 11.1 Å². The Morgan fingerprint density at radius 2 is 1.45 bits per heavy atom. The van der Waals surface area contributed by atoms with Crippen molar-refractivity contribution in [1.82, 2.24) is 5.32 Å². The lowest BCUT2D eigenvalue weighted by Crippen LogP contribution is -2.11. The van der Waals surface area contributed by atoms with Crippen LogP contribution in [0.15, 0.2) is 24.3 Å². The summed E-state index contributed by atoms with van der Waals surface area (Å²) in [6.45, 7) is 4.42. The highest BCUT2D eigenvalue weighted by atomic mass is 15.0. The van der Waals surface area contributed by atoms with Crippen LogP contribution in [0.2, 0.25) is 0 Å². The van der Waals surface area contributed by atoms with Crippen LogP contribution in [0.1, 0.15) is 37.1 Å². The van der Waals surface area contributed by atoms with Gasteiger partial charge in [-0.25, -0.2) is 0 Å². The third-order valence-electron chi connectivity index (χ3n) is 2.43. The largest absolute Gasteiger partial charge is 0.304 e. The van der Waals surface area contributed by atoms with Gasteiger partial charge < -0.3 is 5.32 Å². The monoisotopic (exact) mass is 147 g/mol. The first-order chi connectivity index (χ1) is 5.29. The first-order valence-electron chi connectivity index (χ1n) is 4.14. The van der Waals surface area contributed by atoms with Gasteiger partial charge in [-0.2, -0.15) is 0 Å². The Morgan fingerprint density at radius 3 is 1.91 bits per heavy atom. The van der Waals surface area contributed by atoms with Crippen molar-refractivity contribution >= 4 is 0 Å². The van der Waals surface area contributed by atoms with Gasteiger partial charge in [-0.3, -0.25) is 0 Å². The summed E-state index contributed by atoms with van der Waals surface area (Å²) < 4.78 is 0. The SMILES string of the molecule is CC1NC(C)c2ccccc21. The predicted molar refractivity (Wildman–Crippen MR) is 46.4 cm³/mol. The van der Waals surface area contributed by atoms with Crippen LogP contribution in [0.5, 0.6) is 0 Å². The van der Waals surface area contributed by atoms with E-state index in [-0.39, 0.29) is 0 Å². The average Bonchev–Trinajstić information content (AvgIpc) is 2.30. The maximum Gasteiger partial charge on any atom is 0.0300 e. The van der Waals surface area contributed by atoms with Gasteiger partial charge in [0.1, 0.15) is 0 Å². The van der Waals surface area contributed by atoms with E-state index < -0.39 is 0 Å². The van der Waals surface area contributed by atoms with Gasteiger partial charge in [-0.05, 0) is 25.0 Å². The van der Waals surface area contributed by atoms with Crippen molar-refractivity contribution in [1.29, 1.82) is 0 Å². The summed E-state index contributed by atoms with van der Waals surface area (Å²) in [5, 5.41) is 3.48. The normalized spacial score (nSPS) is 28.5. The highest BCUT2D eigenvalue weighted by Crippen LogP contribution is 2.31. The maximum absolute atomic E-state index is 3.48. The Kier molecular flexibility index (Phi) is 1.46. The van der Waals surface area contributed by atoms with Crippen molar-refractivity contribution in [3.63, 3.8) is 0 Å². The molecular formula is C10H13N. The minimum Gasteiger partial charge on any atom is -0.304 e. The number of hydrogen-bond acceptors (Lipinski definition) is 1. The zero-order chi connectivity index (χ0) is 7.84. The molecule has 0 saturated carbocycles. The van der Waals surface area contributed by atoms with Gasteiger partial charge >= 0.3 is 0 Å². The van der Waals surface area contributed by atoms with Crippen molar-refractivity contribution in [2.45, 2.75) is 25.9 Å². The second kappa shape index (κ2) is 2.35. The van der Waals surface area contributed by atoms with Gasteiger partial charge in [0.05, 0.1) is 0 Å². The fraction of sp³-hybridized carbons (Fsp3) is 0.400. The Hall–Kier alpha value is -0.820. The Bertz CT molecular complexity index is 240. The molecule has 11 heavy (non-hydrogen) atoms. The predicted octanol–water partition coefficient (Wildman–Crippen LogP) is 2.41. The molecule has 1 heterocycles. The average molecular weight is 147 g/mol. The summed E-state index contributed by atoms with van der Waals surface area (Å²) in [6.07, 6.45) is 0. The second-order valence-electron chi connectivity index (χ2n) is 3.24. The summed E-state index contributed by atoms with van der Waals surface area (Å²) in [6, 6.07) is 9.68. The molecule has 1 aromatic carbocycles. The van der Waals surface area contributed by atoms with Crippen molar-refractivity contribution in [3.8, 4) is 0 Å². The van der Waals surface area contributed by atoms with Crippen LogP contribution in [0.3, 0.4) is 0 Å². The van der Waals surface area contributed by atoms with Crippen molar-refractivity contribution in [3.05, 3.63) is 35.4 Å². The van der Waals surface area contributed by atoms with Crippen molar-refractivity contribution in [2.75, 3.05) is 0 Å². The number of nitrogens with one attached hydrogen (secondary N) is 1. The topological polar surface area (TPSA) is 12.0 Å². The quantitative estimate of drug-likeness (QED) is 0.594. The van der Waals surface area contributed by atoms with E-state index in [9.17, 15) is 0 Å². The summed E-state index contributed by atoms with van der Waals surface area (Å²) >= 11 is 0. The number of hydrogen-bond donors (Lipinski definition) is 1. The molecule has 1 N–H and O–H groups in total. The molecule has 0 radical (unpaired) electrons. The van der Waals surface area contributed by atoms with Crippen LogP contribution in [-0.2, 0) is 0 Å². The highest BCUT2D eigenvalue weighted by molar-refractivity contribution is 5.35. The molecule has 0 amide bonds. The summed E-state index contributed by atoms with van der Waals surface area (Å²) in [5.74, 6) is 0. The maximum atomic E-state index is 3.48. The molecule has 1 aromatic rings. The van der Waals surface area contributed by atoms with E-state index in [0.29, 0.717) is 12.1 Å². The molecule has 0 saturated heterocycles. The third-order valence-corrected chi connectivity index (χ3v) is 2.43. The smallest absolute Gasteiger partial charge is 0.0300 e. The molecular weight excluding hydrogens is 134 g/mol. The first-order valence-corrected chi connectivity index (χ1v) is 4.14. The molecule has 0 bridgehead atoms. The molecule has 1 nitrogen and oxygen atoms in total. The Labute approximate surface area is 67.4 Å². The molecule has 0 fully saturated rings. The zero-order valence-electron chi connectivity index (χ0n) is 6.96. The van der Waals surface area contributed by atoms with Gasteiger partial charge in [0.2, 0.25) is 0 Å². The molecule has 2 rings (SSSR count). The second-order valence-corrected chi connectivity index (χ2v) is 3.24. The van der Waals surface area contributed by atoms with Gasteiger partial charge in [0.25, 0.3) is 0 Å². The van der Waals surface area contributed by atoms with Crippen molar-refractivity contribution in [2.24, 2.45) is 0 Å². The van der Waals surface area contributed by atoms with Gasteiger partial charge in [0, 0.05) is 12.1 Å². The van der Waals surface area contributed by atoms with Crippen LogP contribution >= 0.6 is 0 Å². The molecule has 2 unspecified atom stereocenters. The van der Waals surface area contributed by atoms with E-state index in [0.717, 1.165) is 0 Å². The summed E-state index contributed by atoms with van der Waals surface area (Å²) in [5.41, 5.74) is 2.92. The van der Waals surface area contributed by atoms with Crippen LogP contribution < -0.4 is 5.32 Å². The van der Waals surface area contributed by atoms with Gasteiger partial charge in [0.15, 0.2) is 0 Å². The molecule has 1 heteroatoms. The Morgan fingerprint density at radius 1 is 1.00 bits per heavy atom. The molecule has 0 spiro atoms. The van der Waals surface area contributed by atoms with E-state index in [1.54, 1.807) is 0 Å². The molecule has 0 aromatic heterocycles. The standard InChI is InChI=1S/C10H13N/c1-7-9-5-3-4-6-10(9)8(2)11-7/h3-8,11H,1-2H3. The van der Waals surface area contributed by atoms with Crippen LogP contribution in [0.25, 0.3) is 0 Å². The van der Waals surface area contributed by atoms with E-state index in [1.807, 2.05) is 0 Å². The molecule has 2 atom stereocenters. The van der Waals surface area contributed by atoms with E-state index in [2.05, 4.69) is 43.4 Å². The lowest BCUT2D eigenvalue weighted by molar-refractivity contribution is 0.553. The zero-order valence-corrected chi connectivity index (χ0v) is 6.96. The Balaban J connectivity index is 2.52. The van der Waals surface area contributed by atoms with E-state index in [4.69, 9.17) is 0 Å². The first kappa shape index (κ1) is 6.86. The minimum atomic E-state index is 0.529. The molecule has 1 aliphatic rings. The number of benzene rings is 1. The van der Waals surface area contributed by atoms with Crippen LogP contribution in [0, 0.1) is 0 Å². The lowest BCUT2D eigenvalue weighted by Gasteiger charge is -2.04.